The number of aryl methyl sites for hydroxylation is 2. The zero-order valence-electron chi connectivity index (χ0n) is 21.7. The minimum absolute atomic E-state index is 0.0276. The topological polar surface area (TPSA) is 73.8 Å². The first kappa shape index (κ1) is 25.9. The highest BCUT2D eigenvalue weighted by molar-refractivity contribution is 6.43. The van der Waals surface area contributed by atoms with Crippen LogP contribution in [0.2, 0.25) is 10.0 Å². The van der Waals surface area contributed by atoms with Crippen molar-refractivity contribution < 1.29 is 9.18 Å². The molecule has 4 aromatic carbocycles. The fraction of sp³-hybridized carbons (Fsp3) is 0.100. The van der Waals surface area contributed by atoms with Crippen LogP contribution in [0.1, 0.15) is 10.4 Å². The van der Waals surface area contributed by atoms with E-state index in [9.17, 15) is 14.0 Å². The van der Waals surface area contributed by atoms with Gasteiger partial charge in [-0.1, -0.05) is 41.4 Å². The molecule has 40 heavy (non-hydrogen) atoms. The van der Waals surface area contributed by atoms with Gasteiger partial charge < -0.3 is 5.32 Å². The Hall–Kier alpha value is -4.40. The van der Waals surface area contributed by atoms with Crippen molar-refractivity contribution in [3.05, 3.63) is 105 Å². The van der Waals surface area contributed by atoms with E-state index in [0.29, 0.717) is 32.5 Å². The van der Waals surface area contributed by atoms with Crippen molar-refractivity contribution in [1.82, 2.24) is 24.0 Å². The number of nitrogens with zero attached hydrogens (tertiary/aromatic N) is 4. The van der Waals surface area contributed by atoms with Crippen molar-refractivity contribution in [3.8, 4) is 28.2 Å². The number of aromatic nitrogens is 4. The number of carbonyl (C=O) groups excluding carboxylic acids is 1. The Kier molecular flexibility index (Phi) is 6.24. The van der Waals surface area contributed by atoms with Crippen LogP contribution in [0.5, 0.6) is 0 Å². The standard InChI is InChI=1S/C30H22Cl2FN5O2/c1-34-29(39)19-10-7-16(13-22(19)33)17-8-11-24-23(14-17)35-28(20-5-4-6-21(31)27(20)32)38(24)18-9-12-25-26(15-18)37(3)30(40)36(25)2/h4-15H,1-3H3,(H,34,39). The smallest absolute Gasteiger partial charge is 0.328 e. The summed E-state index contributed by atoms with van der Waals surface area (Å²) in [6.45, 7) is 0. The quantitative estimate of drug-likeness (QED) is 0.267. The van der Waals surface area contributed by atoms with Crippen LogP contribution in [-0.2, 0) is 14.1 Å². The monoisotopic (exact) mass is 573 g/mol. The van der Waals surface area contributed by atoms with E-state index in [2.05, 4.69) is 5.32 Å². The van der Waals surface area contributed by atoms with Gasteiger partial charge in [-0.2, -0.15) is 0 Å². The van der Waals surface area contributed by atoms with Gasteiger partial charge in [-0.15, -0.1) is 0 Å². The van der Waals surface area contributed by atoms with E-state index in [1.165, 1.54) is 19.2 Å². The van der Waals surface area contributed by atoms with E-state index in [1.54, 1.807) is 41.4 Å². The Morgan fingerprint density at radius 2 is 1.57 bits per heavy atom. The molecular weight excluding hydrogens is 552 g/mol. The van der Waals surface area contributed by atoms with Gasteiger partial charge >= 0.3 is 5.69 Å². The van der Waals surface area contributed by atoms with Gasteiger partial charge in [0.25, 0.3) is 5.91 Å². The SMILES string of the molecule is CNC(=O)c1ccc(-c2ccc3c(c2)nc(-c2cccc(Cl)c2Cl)n3-c2ccc3c(c2)n(C)c(=O)n3C)cc1F. The fourth-order valence-corrected chi connectivity index (χ4v) is 5.41. The average Bonchev–Trinajstić information content (AvgIpc) is 3.44. The van der Waals surface area contributed by atoms with Crippen LogP contribution in [0.15, 0.2) is 77.6 Å². The highest BCUT2D eigenvalue weighted by atomic mass is 35.5. The third-order valence-electron chi connectivity index (χ3n) is 7.13. The van der Waals surface area contributed by atoms with Crippen molar-refractivity contribution >= 4 is 51.2 Å². The van der Waals surface area contributed by atoms with Crippen LogP contribution in [0, 0.1) is 5.82 Å². The van der Waals surface area contributed by atoms with E-state index < -0.39 is 11.7 Å². The molecule has 0 fully saturated rings. The summed E-state index contributed by atoms with van der Waals surface area (Å²) < 4.78 is 19.9. The number of benzene rings is 4. The van der Waals surface area contributed by atoms with Gasteiger partial charge in [0.05, 0.1) is 37.7 Å². The lowest BCUT2D eigenvalue weighted by Crippen LogP contribution is -2.19. The molecule has 1 amide bonds. The maximum absolute atomic E-state index is 14.7. The van der Waals surface area contributed by atoms with Gasteiger partial charge in [-0.3, -0.25) is 18.5 Å². The Morgan fingerprint density at radius 3 is 2.33 bits per heavy atom. The third kappa shape index (κ3) is 3.99. The summed E-state index contributed by atoms with van der Waals surface area (Å²) in [5.74, 6) is -0.550. The number of fused-ring (bicyclic) bond motifs is 2. The summed E-state index contributed by atoms with van der Waals surface area (Å²) in [5, 5.41) is 3.20. The number of hydrogen-bond donors (Lipinski definition) is 1. The van der Waals surface area contributed by atoms with Crippen LogP contribution in [0.3, 0.4) is 0 Å². The Bertz CT molecular complexity index is 2060. The van der Waals surface area contributed by atoms with Gasteiger partial charge in [0.2, 0.25) is 0 Å². The summed E-state index contributed by atoms with van der Waals surface area (Å²) in [5.41, 5.74) is 5.56. The van der Waals surface area contributed by atoms with Gasteiger partial charge in [0.1, 0.15) is 11.6 Å². The molecular formula is C30H22Cl2FN5O2. The summed E-state index contributed by atoms with van der Waals surface area (Å²) in [6.07, 6.45) is 0. The fourth-order valence-electron chi connectivity index (χ4n) is 5.03. The van der Waals surface area contributed by atoms with E-state index in [0.717, 1.165) is 27.8 Å². The van der Waals surface area contributed by atoms with Crippen LogP contribution in [-0.4, -0.2) is 31.6 Å². The molecule has 0 aliphatic carbocycles. The second-order valence-corrected chi connectivity index (χ2v) is 10.2. The van der Waals surface area contributed by atoms with Crippen LogP contribution >= 0.6 is 23.2 Å². The molecule has 0 bridgehead atoms. The van der Waals surface area contributed by atoms with E-state index in [4.69, 9.17) is 28.2 Å². The molecule has 0 unspecified atom stereocenters. The van der Waals surface area contributed by atoms with Crippen LogP contribution in [0.25, 0.3) is 50.3 Å². The molecule has 0 radical (unpaired) electrons. The lowest BCUT2D eigenvalue weighted by molar-refractivity contribution is 0.0959. The first-order valence-electron chi connectivity index (χ1n) is 12.3. The lowest BCUT2D eigenvalue weighted by Gasteiger charge is -2.12. The molecule has 0 atom stereocenters. The maximum Gasteiger partial charge on any atom is 0.328 e. The number of rotatable bonds is 4. The number of amides is 1. The molecule has 6 rings (SSSR count). The molecule has 200 valence electrons. The zero-order chi connectivity index (χ0) is 28.3. The lowest BCUT2D eigenvalue weighted by atomic mass is 10.0. The average molecular weight is 574 g/mol. The summed E-state index contributed by atoms with van der Waals surface area (Å²) in [4.78, 5) is 29.4. The Labute approximate surface area is 238 Å². The first-order valence-corrected chi connectivity index (χ1v) is 13.1. The van der Waals surface area contributed by atoms with Gasteiger partial charge in [-0.25, -0.2) is 14.2 Å². The highest BCUT2D eigenvalue weighted by Gasteiger charge is 2.20. The van der Waals surface area contributed by atoms with E-state index in [-0.39, 0.29) is 11.3 Å². The van der Waals surface area contributed by atoms with E-state index in [1.807, 2.05) is 47.0 Å². The van der Waals surface area contributed by atoms with Gasteiger partial charge in [0.15, 0.2) is 0 Å². The van der Waals surface area contributed by atoms with Gasteiger partial charge in [-0.05, 0) is 65.7 Å². The molecule has 0 saturated carbocycles. The molecule has 0 aliphatic heterocycles. The minimum atomic E-state index is -0.615. The number of imidazole rings is 2. The molecule has 0 saturated heterocycles. The molecule has 2 heterocycles. The highest BCUT2D eigenvalue weighted by Crippen LogP contribution is 2.37. The van der Waals surface area contributed by atoms with E-state index >= 15 is 0 Å². The minimum Gasteiger partial charge on any atom is -0.355 e. The molecule has 10 heteroatoms. The summed E-state index contributed by atoms with van der Waals surface area (Å²) in [6, 6.07) is 21.2. The molecule has 0 aliphatic rings. The van der Waals surface area contributed by atoms with Crippen molar-refractivity contribution in [2.75, 3.05) is 7.05 Å². The number of nitrogens with one attached hydrogen (secondary N) is 1. The summed E-state index contributed by atoms with van der Waals surface area (Å²) in [7, 11) is 4.93. The molecule has 6 aromatic rings. The van der Waals surface area contributed by atoms with Crippen LogP contribution in [0.4, 0.5) is 4.39 Å². The maximum atomic E-state index is 14.7. The third-order valence-corrected chi connectivity index (χ3v) is 7.95. The second-order valence-electron chi connectivity index (χ2n) is 9.42. The van der Waals surface area contributed by atoms with Gasteiger partial charge in [0, 0.05) is 32.4 Å². The molecule has 1 N–H and O–H groups in total. The van der Waals surface area contributed by atoms with Crippen molar-refractivity contribution in [3.63, 3.8) is 0 Å². The molecule has 2 aromatic heterocycles. The largest absolute Gasteiger partial charge is 0.355 e. The Balaban J connectivity index is 1.59. The normalized spacial score (nSPS) is 11.4. The molecule has 0 spiro atoms. The zero-order valence-corrected chi connectivity index (χ0v) is 23.2. The Morgan fingerprint density at radius 1 is 0.875 bits per heavy atom. The van der Waals surface area contributed by atoms with Crippen LogP contribution < -0.4 is 11.0 Å². The molecule has 7 nitrogen and oxygen atoms in total. The summed E-state index contributed by atoms with van der Waals surface area (Å²) >= 11 is 13.0. The number of halogens is 3. The van der Waals surface area contributed by atoms with Crippen molar-refractivity contribution in [2.24, 2.45) is 14.1 Å². The number of hydrogen-bond acceptors (Lipinski definition) is 3. The predicted molar refractivity (Wildman–Crippen MR) is 157 cm³/mol. The van der Waals surface area contributed by atoms with Crippen molar-refractivity contribution in [1.29, 1.82) is 0 Å². The number of carbonyl (C=O) groups is 1. The van der Waals surface area contributed by atoms with Crippen molar-refractivity contribution in [2.45, 2.75) is 0 Å². The second kappa shape index (κ2) is 9.66. The predicted octanol–water partition coefficient (Wildman–Crippen LogP) is 6.36. The first-order chi connectivity index (χ1) is 19.2.